The van der Waals surface area contributed by atoms with Gasteiger partial charge in [-0.25, -0.2) is 17.5 Å². The smallest absolute Gasteiger partial charge is 0.240 e. The maximum absolute atomic E-state index is 13.0. The molecule has 2 N–H and O–H groups in total. The van der Waals surface area contributed by atoms with Gasteiger partial charge in [0.2, 0.25) is 10.0 Å². The first-order valence-electron chi connectivity index (χ1n) is 5.67. The van der Waals surface area contributed by atoms with Gasteiger partial charge in [0.15, 0.2) is 0 Å². The highest BCUT2D eigenvalue weighted by molar-refractivity contribution is 7.89. The lowest BCUT2D eigenvalue weighted by molar-refractivity contribution is 0.427. The van der Waals surface area contributed by atoms with Crippen LogP contribution in [0, 0.1) is 5.82 Å². The Morgan fingerprint density at radius 2 is 2.00 bits per heavy atom. The Kier molecular flexibility index (Phi) is 4.21. The lowest BCUT2D eigenvalue weighted by Crippen LogP contribution is -2.42. The molecular formula is C11H14ClFN2O2S. The quantitative estimate of drug-likeness (QED) is 0.888. The minimum atomic E-state index is -3.63. The maximum atomic E-state index is 13.0. The molecule has 7 heteroatoms. The molecule has 1 aliphatic heterocycles. The molecule has 0 spiro atoms. The molecule has 4 nitrogen and oxygen atoms in total. The van der Waals surface area contributed by atoms with Gasteiger partial charge in [-0.2, -0.15) is 0 Å². The van der Waals surface area contributed by atoms with E-state index < -0.39 is 15.8 Å². The Labute approximate surface area is 111 Å². The number of rotatable bonds is 3. The molecule has 0 radical (unpaired) electrons. The molecule has 1 heterocycles. The molecule has 0 unspecified atom stereocenters. The summed E-state index contributed by atoms with van der Waals surface area (Å²) in [5.41, 5.74) is 0. The molecule has 0 aromatic heterocycles. The second-order valence-corrected chi connectivity index (χ2v) is 6.34. The molecule has 1 fully saturated rings. The summed E-state index contributed by atoms with van der Waals surface area (Å²) in [5, 5.41) is 2.96. The van der Waals surface area contributed by atoms with Crippen LogP contribution in [0.1, 0.15) is 12.8 Å². The first-order chi connectivity index (χ1) is 8.49. The van der Waals surface area contributed by atoms with Crippen molar-refractivity contribution in [1.29, 1.82) is 0 Å². The lowest BCUT2D eigenvalue weighted by atomic mass is 10.1. The van der Waals surface area contributed by atoms with E-state index in [0.717, 1.165) is 38.1 Å². The van der Waals surface area contributed by atoms with Crippen molar-refractivity contribution < 1.29 is 12.8 Å². The highest BCUT2D eigenvalue weighted by atomic mass is 35.5. The Balaban J connectivity index is 2.16. The summed E-state index contributed by atoms with van der Waals surface area (Å²) in [6.07, 6.45) is 1.49. The third-order valence-corrected chi connectivity index (χ3v) is 4.67. The zero-order valence-corrected chi connectivity index (χ0v) is 11.2. The zero-order valence-electron chi connectivity index (χ0n) is 9.62. The molecule has 0 amide bonds. The van der Waals surface area contributed by atoms with Crippen LogP contribution >= 0.6 is 11.6 Å². The van der Waals surface area contributed by atoms with Crippen LogP contribution in [0.2, 0.25) is 5.02 Å². The van der Waals surface area contributed by atoms with Crippen molar-refractivity contribution >= 4 is 21.6 Å². The normalized spacial score (nSPS) is 17.9. The molecule has 18 heavy (non-hydrogen) atoms. The number of sulfonamides is 1. The predicted octanol–water partition coefficient (Wildman–Crippen LogP) is 1.51. The summed E-state index contributed by atoms with van der Waals surface area (Å²) in [6, 6.07) is 3.31. The Bertz CT molecular complexity index is 530. The maximum Gasteiger partial charge on any atom is 0.240 e. The van der Waals surface area contributed by atoms with Crippen LogP contribution in [0.15, 0.2) is 23.1 Å². The summed E-state index contributed by atoms with van der Waals surface area (Å²) >= 11 is 5.59. The SMILES string of the molecule is O=S(=O)(NC1CCNCC1)c1ccc(F)c(Cl)c1. The van der Waals surface area contributed by atoms with E-state index in [1.165, 1.54) is 6.07 Å². The second-order valence-electron chi connectivity index (χ2n) is 4.22. The van der Waals surface area contributed by atoms with Crippen molar-refractivity contribution in [2.45, 2.75) is 23.8 Å². The van der Waals surface area contributed by atoms with Crippen molar-refractivity contribution in [2.75, 3.05) is 13.1 Å². The van der Waals surface area contributed by atoms with Crippen molar-refractivity contribution in [2.24, 2.45) is 0 Å². The van der Waals surface area contributed by atoms with Crippen molar-refractivity contribution in [3.63, 3.8) is 0 Å². The van der Waals surface area contributed by atoms with Gasteiger partial charge in [-0.05, 0) is 44.1 Å². The van der Waals surface area contributed by atoms with E-state index in [2.05, 4.69) is 10.0 Å². The minimum Gasteiger partial charge on any atom is -0.317 e. The molecule has 0 atom stereocenters. The number of nitrogens with one attached hydrogen (secondary N) is 2. The molecular weight excluding hydrogens is 279 g/mol. The van der Waals surface area contributed by atoms with E-state index in [9.17, 15) is 12.8 Å². The van der Waals surface area contributed by atoms with Gasteiger partial charge in [-0.15, -0.1) is 0 Å². The lowest BCUT2D eigenvalue weighted by Gasteiger charge is -2.23. The number of benzene rings is 1. The van der Waals surface area contributed by atoms with Crippen LogP contribution in [0.4, 0.5) is 4.39 Å². The monoisotopic (exact) mass is 292 g/mol. The van der Waals surface area contributed by atoms with E-state index in [1.807, 2.05) is 0 Å². The van der Waals surface area contributed by atoms with Crippen molar-refractivity contribution in [3.8, 4) is 0 Å². The highest BCUT2D eigenvalue weighted by Gasteiger charge is 2.22. The van der Waals surface area contributed by atoms with Gasteiger partial charge < -0.3 is 5.32 Å². The van der Waals surface area contributed by atoms with Crippen molar-refractivity contribution in [1.82, 2.24) is 10.0 Å². The van der Waals surface area contributed by atoms with E-state index in [4.69, 9.17) is 11.6 Å². The third-order valence-electron chi connectivity index (χ3n) is 2.86. The Morgan fingerprint density at radius 1 is 1.33 bits per heavy atom. The topological polar surface area (TPSA) is 58.2 Å². The van der Waals surface area contributed by atoms with E-state index in [1.54, 1.807) is 0 Å². The fourth-order valence-electron chi connectivity index (χ4n) is 1.87. The summed E-state index contributed by atoms with van der Waals surface area (Å²) in [7, 11) is -3.63. The van der Waals surface area contributed by atoms with Crippen LogP contribution in [-0.4, -0.2) is 27.5 Å². The van der Waals surface area contributed by atoms with Crippen LogP contribution in [0.25, 0.3) is 0 Å². The van der Waals surface area contributed by atoms with Crippen LogP contribution < -0.4 is 10.0 Å². The standard InChI is InChI=1S/C11H14ClFN2O2S/c12-10-7-9(1-2-11(10)13)18(16,17)15-8-3-5-14-6-4-8/h1-2,7-8,14-15H,3-6H2. The Hall–Kier alpha value is -0.690. The summed E-state index contributed by atoms with van der Waals surface area (Å²) in [5.74, 6) is -0.627. The van der Waals surface area contributed by atoms with Crippen LogP contribution in [0.5, 0.6) is 0 Å². The van der Waals surface area contributed by atoms with Crippen LogP contribution in [-0.2, 0) is 10.0 Å². The number of piperidine rings is 1. The molecule has 0 aliphatic carbocycles. The van der Waals surface area contributed by atoms with Gasteiger partial charge in [0.25, 0.3) is 0 Å². The average Bonchev–Trinajstić information content (AvgIpc) is 2.33. The molecule has 1 aliphatic rings. The van der Waals surface area contributed by atoms with E-state index >= 15 is 0 Å². The Morgan fingerprint density at radius 3 is 2.61 bits per heavy atom. The minimum absolute atomic E-state index is 0.00701. The summed E-state index contributed by atoms with van der Waals surface area (Å²) in [6.45, 7) is 1.58. The van der Waals surface area contributed by atoms with Gasteiger partial charge in [0, 0.05) is 6.04 Å². The molecule has 1 aromatic carbocycles. The zero-order chi connectivity index (χ0) is 13.2. The fourth-order valence-corrected chi connectivity index (χ4v) is 3.45. The van der Waals surface area contributed by atoms with Gasteiger partial charge in [-0.1, -0.05) is 11.6 Å². The average molecular weight is 293 g/mol. The molecule has 2 rings (SSSR count). The largest absolute Gasteiger partial charge is 0.317 e. The summed E-state index contributed by atoms with van der Waals surface area (Å²) < 4.78 is 39.7. The molecule has 100 valence electrons. The van der Waals surface area contributed by atoms with E-state index in [0.29, 0.717) is 0 Å². The van der Waals surface area contributed by atoms with Gasteiger partial charge in [-0.3, -0.25) is 0 Å². The predicted molar refractivity (Wildman–Crippen MR) is 67.6 cm³/mol. The molecule has 1 aromatic rings. The number of hydrogen-bond acceptors (Lipinski definition) is 3. The number of halogens is 2. The second kappa shape index (κ2) is 5.52. The van der Waals surface area contributed by atoms with E-state index in [-0.39, 0.29) is 16.0 Å². The van der Waals surface area contributed by atoms with Gasteiger partial charge in [0.05, 0.1) is 9.92 Å². The first kappa shape index (κ1) is 13.7. The van der Waals surface area contributed by atoms with Crippen molar-refractivity contribution in [3.05, 3.63) is 29.0 Å². The molecule has 0 bridgehead atoms. The molecule has 0 saturated carbocycles. The fraction of sp³-hybridized carbons (Fsp3) is 0.455. The van der Waals surface area contributed by atoms with Crippen LogP contribution in [0.3, 0.4) is 0 Å². The van der Waals surface area contributed by atoms with Gasteiger partial charge in [0.1, 0.15) is 5.82 Å². The number of hydrogen-bond donors (Lipinski definition) is 2. The highest BCUT2D eigenvalue weighted by Crippen LogP contribution is 2.20. The third kappa shape index (κ3) is 3.20. The first-order valence-corrected chi connectivity index (χ1v) is 7.53. The molecule has 1 saturated heterocycles. The summed E-state index contributed by atoms with van der Waals surface area (Å²) in [4.78, 5) is -0.00701. The van der Waals surface area contributed by atoms with Gasteiger partial charge >= 0.3 is 0 Å².